The fourth-order valence-electron chi connectivity index (χ4n) is 2.32. The van der Waals surface area contributed by atoms with Crippen LogP contribution in [0.25, 0.3) is 11.1 Å². The number of hydrogen-bond donors (Lipinski definition) is 1. The minimum absolute atomic E-state index is 0.132. The van der Waals surface area contributed by atoms with Gasteiger partial charge >= 0.3 is 0 Å². The van der Waals surface area contributed by atoms with Gasteiger partial charge in [-0.2, -0.15) is 5.10 Å². The first-order valence-corrected chi connectivity index (χ1v) is 6.62. The van der Waals surface area contributed by atoms with Gasteiger partial charge in [-0.3, -0.25) is 4.68 Å². The second kappa shape index (κ2) is 4.41. The molecule has 102 valence electrons. The molecule has 0 spiro atoms. The molecule has 0 saturated carbocycles. The zero-order chi connectivity index (χ0) is 14.4. The van der Waals surface area contributed by atoms with Crippen molar-refractivity contribution in [3.05, 3.63) is 35.0 Å². The Labute approximate surface area is 115 Å². The van der Waals surface area contributed by atoms with Gasteiger partial charge in [-0.25, -0.2) is 0 Å². The Morgan fingerprint density at radius 1 is 1.16 bits per heavy atom. The maximum Gasteiger partial charge on any atom is 0.153 e. The Bertz CT molecular complexity index is 616. The number of benzene rings is 1. The molecule has 0 saturated heterocycles. The number of hydrogen-bond acceptors (Lipinski definition) is 2. The number of nitrogens with two attached hydrogens (primary N) is 1. The van der Waals surface area contributed by atoms with Crippen molar-refractivity contribution in [1.29, 1.82) is 0 Å². The average molecular weight is 257 g/mol. The molecule has 2 rings (SSSR count). The van der Waals surface area contributed by atoms with E-state index in [-0.39, 0.29) is 5.41 Å². The first-order chi connectivity index (χ1) is 8.71. The lowest BCUT2D eigenvalue weighted by molar-refractivity contribution is 0.590. The van der Waals surface area contributed by atoms with Crippen molar-refractivity contribution in [3.63, 3.8) is 0 Å². The maximum atomic E-state index is 6.07. The van der Waals surface area contributed by atoms with Crippen LogP contribution in [0, 0.1) is 13.8 Å². The van der Waals surface area contributed by atoms with Crippen LogP contribution >= 0.6 is 0 Å². The van der Waals surface area contributed by atoms with Gasteiger partial charge < -0.3 is 5.73 Å². The van der Waals surface area contributed by atoms with Crippen molar-refractivity contribution in [2.45, 2.75) is 40.0 Å². The topological polar surface area (TPSA) is 43.8 Å². The van der Waals surface area contributed by atoms with Gasteiger partial charge in [-0.1, -0.05) is 39.0 Å². The third kappa shape index (κ3) is 2.37. The molecule has 0 aliphatic rings. The highest BCUT2D eigenvalue weighted by atomic mass is 15.3. The molecule has 0 aliphatic carbocycles. The van der Waals surface area contributed by atoms with E-state index in [1.807, 2.05) is 11.7 Å². The Morgan fingerprint density at radius 3 is 2.26 bits per heavy atom. The van der Waals surface area contributed by atoms with Crippen LogP contribution in [0.5, 0.6) is 0 Å². The van der Waals surface area contributed by atoms with Gasteiger partial charge in [0.1, 0.15) is 0 Å². The Kier molecular flexibility index (Phi) is 3.17. The molecule has 0 fully saturated rings. The highest BCUT2D eigenvalue weighted by Crippen LogP contribution is 2.34. The molecule has 0 atom stereocenters. The van der Waals surface area contributed by atoms with Gasteiger partial charge in [0.2, 0.25) is 0 Å². The number of nitrogens with zero attached hydrogens (tertiary/aromatic N) is 2. The van der Waals surface area contributed by atoms with E-state index in [0.29, 0.717) is 5.82 Å². The summed E-state index contributed by atoms with van der Waals surface area (Å²) in [6.45, 7) is 10.8. The number of anilines is 1. The van der Waals surface area contributed by atoms with Crippen LogP contribution in [0.2, 0.25) is 0 Å². The largest absolute Gasteiger partial charge is 0.382 e. The highest BCUT2D eigenvalue weighted by molar-refractivity contribution is 5.79. The van der Waals surface area contributed by atoms with E-state index in [0.717, 1.165) is 11.3 Å². The second-order valence-corrected chi connectivity index (χ2v) is 6.25. The summed E-state index contributed by atoms with van der Waals surface area (Å²) in [7, 11) is 1.93. The monoisotopic (exact) mass is 257 g/mol. The van der Waals surface area contributed by atoms with Gasteiger partial charge in [0, 0.05) is 18.3 Å². The SMILES string of the molecule is Cc1ccc(C(C)(C)C)cc1-c1c(N)nn(C)c1C. The molecule has 0 aliphatic heterocycles. The minimum atomic E-state index is 0.132. The van der Waals surface area contributed by atoms with Crippen molar-refractivity contribution in [2.75, 3.05) is 5.73 Å². The molecule has 1 heterocycles. The quantitative estimate of drug-likeness (QED) is 0.848. The molecule has 2 aromatic rings. The molecule has 3 heteroatoms. The third-order valence-corrected chi connectivity index (χ3v) is 3.73. The first-order valence-electron chi connectivity index (χ1n) is 6.62. The molecule has 3 nitrogen and oxygen atoms in total. The fourth-order valence-corrected chi connectivity index (χ4v) is 2.32. The number of nitrogen functional groups attached to an aromatic ring is 1. The summed E-state index contributed by atoms with van der Waals surface area (Å²) in [6, 6.07) is 6.61. The van der Waals surface area contributed by atoms with Gasteiger partial charge in [-0.05, 0) is 36.0 Å². The Hall–Kier alpha value is -1.77. The zero-order valence-electron chi connectivity index (χ0n) is 12.7. The van der Waals surface area contributed by atoms with Crippen molar-refractivity contribution >= 4 is 5.82 Å². The molecule has 1 aromatic heterocycles. The smallest absolute Gasteiger partial charge is 0.153 e. The fraction of sp³-hybridized carbons (Fsp3) is 0.438. The van der Waals surface area contributed by atoms with Crippen LogP contribution in [0.4, 0.5) is 5.82 Å². The van der Waals surface area contributed by atoms with E-state index < -0.39 is 0 Å². The normalized spacial score (nSPS) is 11.9. The Balaban J connectivity index is 2.68. The van der Waals surface area contributed by atoms with E-state index in [1.165, 1.54) is 16.7 Å². The molecule has 0 bridgehead atoms. The first kappa shape index (κ1) is 13.7. The summed E-state index contributed by atoms with van der Waals surface area (Å²) >= 11 is 0. The predicted molar refractivity (Wildman–Crippen MR) is 81.2 cm³/mol. The summed E-state index contributed by atoms with van der Waals surface area (Å²) in [5.41, 5.74) is 12.1. The van der Waals surface area contributed by atoms with E-state index in [2.05, 4.69) is 57.9 Å². The summed E-state index contributed by atoms with van der Waals surface area (Å²) in [4.78, 5) is 0. The van der Waals surface area contributed by atoms with E-state index in [9.17, 15) is 0 Å². The minimum Gasteiger partial charge on any atom is -0.382 e. The average Bonchev–Trinajstić information content (AvgIpc) is 2.53. The van der Waals surface area contributed by atoms with E-state index >= 15 is 0 Å². The molecular weight excluding hydrogens is 234 g/mol. The highest BCUT2D eigenvalue weighted by Gasteiger charge is 2.19. The summed E-state index contributed by atoms with van der Waals surface area (Å²) in [5.74, 6) is 0.606. The Morgan fingerprint density at radius 2 is 1.79 bits per heavy atom. The van der Waals surface area contributed by atoms with Crippen molar-refractivity contribution in [3.8, 4) is 11.1 Å². The number of rotatable bonds is 1. The molecule has 0 radical (unpaired) electrons. The molecule has 19 heavy (non-hydrogen) atoms. The second-order valence-electron chi connectivity index (χ2n) is 6.25. The molecule has 1 aromatic carbocycles. The summed E-state index contributed by atoms with van der Waals surface area (Å²) < 4.78 is 1.84. The van der Waals surface area contributed by atoms with Crippen LogP contribution < -0.4 is 5.73 Å². The van der Waals surface area contributed by atoms with Crippen LogP contribution in [-0.4, -0.2) is 9.78 Å². The molecule has 2 N–H and O–H groups in total. The van der Waals surface area contributed by atoms with Gasteiger partial charge in [0.15, 0.2) is 5.82 Å². The lowest BCUT2D eigenvalue weighted by atomic mass is 9.84. The predicted octanol–water partition coefficient (Wildman–Crippen LogP) is 3.58. The van der Waals surface area contributed by atoms with E-state index in [4.69, 9.17) is 5.73 Å². The van der Waals surface area contributed by atoms with Gasteiger partial charge in [0.05, 0.1) is 0 Å². The van der Waals surface area contributed by atoms with Crippen molar-refractivity contribution in [1.82, 2.24) is 9.78 Å². The summed E-state index contributed by atoms with van der Waals surface area (Å²) in [5, 5.41) is 4.31. The molecule has 0 unspecified atom stereocenters. The van der Waals surface area contributed by atoms with Crippen LogP contribution in [0.15, 0.2) is 18.2 Å². The lowest BCUT2D eigenvalue weighted by Crippen LogP contribution is -2.11. The molecular formula is C16H23N3. The van der Waals surface area contributed by atoms with Crippen LogP contribution in [0.1, 0.15) is 37.6 Å². The van der Waals surface area contributed by atoms with E-state index in [1.54, 1.807) is 0 Å². The van der Waals surface area contributed by atoms with Crippen LogP contribution in [0.3, 0.4) is 0 Å². The van der Waals surface area contributed by atoms with Crippen molar-refractivity contribution < 1.29 is 0 Å². The maximum absolute atomic E-state index is 6.07. The van der Waals surface area contributed by atoms with Gasteiger partial charge in [-0.15, -0.1) is 0 Å². The number of aromatic nitrogens is 2. The van der Waals surface area contributed by atoms with Crippen LogP contribution in [-0.2, 0) is 12.5 Å². The van der Waals surface area contributed by atoms with Crippen molar-refractivity contribution in [2.24, 2.45) is 7.05 Å². The standard InChI is InChI=1S/C16H23N3/c1-10-7-8-12(16(3,4)5)9-13(10)14-11(2)19(6)18-15(14)17/h7-9H,1-6H3,(H2,17,18). The lowest BCUT2D eigenvalue weighted by Gasteiger charge is -2.21. The number of aryl methyl sites for hydroxylation is 2. The third-order valence-electron chi connectivity index (χ3n) is 3.73. The molecule has 0 amide bonds. The summed E-state index contributed by atoms with van der Waals surface area (Å²) in [6.07, 6.45) is 0. The van der Waals surface area contributed by atoms with Gasteiger partial charge in [0.25, 0.3) is 0 Å². The zero-order valence-corrected chi connectivity index (χ0v) is 12.7.